The lowest BCUT2D eigenvalue weighted by molar-refractivity contribution is -0.121. The first kappa shape index (κ1) is 20.0. The third-order valence-corrected chi connectivity index (χ3v) is 4.31. The van der Waals surface area contributed by atoms with Gasteiger partial charge in [0.05, 0.1) is 17.7 Å². The molecule has 25 heavy (non-hydrogen) atoms. The molecule has 2 rings (SSSR count). The van der Waals surface area contributed by atoms with Gasteiger partial charge in [0.15, 0.2) is 5.11 Å². The molecule has 0 radical (unpaired) electrons. The van der Waals surface area contributed by atoms with E-state index in [-0.39, 0.29) is 12.0 Å². The van der Waals surface area contributed by atoms with E-state index in [9.17, 15) is 4.79 Å². The number of hydrogen-bond donors (Lipinski definition) is 3. The average molecular weight is 406 g/mol. The number of hydrazine groups is 1. The Hall–Kier alpha value is -1.28. The summed E-state index contributed by atoms with van der Waals surface area (Å²) in [6.07, 6.45) is 3.13. The zero-order valence-corrected chi connectivity index (χ0v) is 16.0. The average Bonchev–Trinajstić information content (AvgIpc) is 3.10. The minimum absolute atomic E-state index is 0.174. The number of carbonyl (C=O) groups excluding carboxylic acids is 1. The van der Waals surface area contributed by atoms with Gasteiger partial charge in [0, 0.05) is 24.6 Å². The highest BCUT2D eigenvalue weighted by atomic mass is 35.5. The van der Waals surface area contributed by atoms with Gasteiger partial charge in [-0.25, -0.2) is 0 Å². The van der Waals surface area contributed by atoms with Crippen LogP contribution >= 0.6 is 35.4 Å². The lowest BCUT2D eigenvalue weighted by atomic mass is 10.2. The molecule has 0 saturated carbocycles. The third kappa shape index (κ3) is 7.64. The quantitative estimate of drug-likeness (QED) is 0.368. The second kappa shape index (κ2) is 10.7. The van der Waals surface area contributed by atoms with Gasteiger partial charge in [0.2, 0.25) is 5.91 Å². The second-order valence-corrected chi connectivity index (χ2v) is 6.80. The molecule has 0 unspecified atom stereocenters. The van der Waals surface area contributed by atoms with E-state index in [1.807, 2.05) is 0 Å². The van der Waals surface area contributed by atoms with E-state index in [4.69, 9.17) is 44.9 Å². The number of nitrogens with one attached hydrogen (secondary N) is 3. The molecule has 1 saturated heterocycles. The summed E-state index contributed by atoms with van der Waals surface area (Å²) in [6, 6.07) is 5.01. The summed E-state index contributed by atoms with van der Waals surface area (Å²) in [5, 5.41) is 4.37. The predicted octanol–water partition coefficient (Wildman–Crippen LogP) is 2.83. The van der Waals surface area contributed by atoms with Crippen molar-refractivity contribution in [3.63, 3.8) is 0 Å². The van der Waals surface area contributed by atoms with E-state index in [1.54, 1.807) is 18.2 Å². The smallest absolute Gasteiger partial charge is 0.238 e. The first-order valence-electron chi connectivity index (χ1n) is 8.07. The molecule has 1 amide bonds. The van der Waals surface area contributed by atoms with Crippen LogP contribution in [0.4, 0.5) is 0 Å². The highest BCUT2D eigenvalue weighted by Gasteiger charge is 2.15. The van der Waals surface area contributed by atoms with Crippen molar-refractivity contribution in [1.82, 2.24) is 16.2 Å². The standard InChI is InChI=1S/C16H21Cl2N3O3S/c17-11-5-6-14(13(18)9-11)24-8-2-4-15(22)20-21-16(25)19-10-12-3-1-7-23-12/h5-6,9,12H,1-4,7-8,10H2,(H,20,22)(H2,19,21,25)/t12-/m0/s1. The molecule has 0 aromatic heterocycles. The molecule has 1 aromatic carbocycles. The van der Waals surface area contributed by atoms with Crippen LogP contribution in [-0.2, 0) is 9.53 Å². The molecule has 9 heteroatoms. The van der Waals surface area contributed by atoms with Crippen LogP contribution in [0.3, 0.4) is 0 Å². The van der Waals surface area contributed by atoms with Gasteiger partial charge in [-0.1, -0.05) is 23.2 Å². The fraction of sp³-hybridized carbons (Fsp3) is 0.500. The molecule has 1 atom stereocenters. The Morgan fingerprint density at radius 1 is 1.36 bits per heavy atom. The lowest BCUT2D eigenvalue weighted by Crippen LogP contribution is -2.48. The first-order chi connectivity index (χ1) is 12.0. The largest absolute Gasteiger partial charge is 0.492 e. The molecule has 0 aliphatic carbocycles. The molecular formula is C16H21Cl2N3O3S. The number of benzene rings is 1. The van der Waals surface area contributed by atoms with Crippen molar-refractivity contribution < 1.29 is 14.3 Å². The maximum atomic E-state index is 11.7. The van der Waals surface area contributed by atoms with E-state index in [2.05, 4.69) is 16.2 Å². The Kier molecular flexibility index (Phi) is 8.54. The van der Waals surface area contributed by atoms with Crippen molar-refractivity contribution >= 4 is 46.4 Å². The minimum Gasteiger partial charge on any atom is -0.492 e. The highest BCUT2D eigenvalue weighted by molar-refractivity contribution is 7.80. The number of ether oxygens (including phenoxy) is 2. The van der Waals surface area contributed by atoms with Gasteiger partial charge in [-0.2, -0.15) is 0 Å². The highest BCUT2D eigenvalue weighted by Crippen LogP contribution is 2.27. The van der Waals surface area contributed by atoms with Crippen LogP contribution in [0.5, 0.6) is 5.75 Å². The molecule has 1 heterocycles. The minimum atomic E-state index is -0.174. The fourth-order valence-electron chi connectivity index (χ4n) is 2.25. The van der Waals surface area contributed by atoms with Crippen LogP contribution in [0, 0.1) is 0 Å². The zero-order chi connectivity index (χ0) is 18.1. The molecule has 1 aromatic rings. The molecule has 138 valence electrons. The summed E-state index contributed by atoms with van der Waals surface area (Å²) in [6.45, 7) is 1.81. The Morgan fingerprint density at radius 2 is 2.20 bits per heavy atom. The normalized spacial score (nSPS) is 16.3. The van der Waals surface area contributed by atoms with Gasteiger partial charge in [-0.15, -0.1) is 0 Å². The maximum absolute atomic E-state index is 11.7. The molecule has 1 aliphatic rings. The van der Waals surface area contributed by atoms with E-state index in [0.717, 1.165) is 19.4 Å². The van der Waals surface area contributed by atoms with Crippen LogP contribution < -0.4 is 20.9 Å². The Bertz CT molecular complexity index is 598. The number of halogens is 2. The fourth-order valence-corrected chi connectivity index (χ4v) is 2.85. The van der Waals surface area contributed by atoms with Gasteiger partial charge in [0.1, 0.15) is 5.75 Å². The predicted molar refractivity (Wildman–Crippen MR) is 102 cm³/mol. The van der Waals surface area contributed by atoms with Gasteiger partial charge in [0.25, 0.3) is 0 Å². The number of thiocarbonyl (C=S) groups is 1. The number of hydrogen-bond acceptors (Lipinski definition) is 4. The molecule has 1 aliphatic heterocycles. The summed E-state index contributed by atoms with van der Waals surface area (Å²) in [5.74, 6) is 0.371. The summed E-state index contributed by atoms with van der Waals surface area (Å²) < 4.78 is 11.0. The van der Waals surface area contributed by atoms with Crippen LogP contribution in [0.2, 0.25) is 10.0 Å². The van der Waals surface area contributed by atoms with Crippen molar-refractivity contribution in [3.8, 4) is 5.75 Å². The zero-order valence-electron chi connectivity index (χ0n) is 13.6. The van der Waals surface area contributed by atoms with Crippen molar-refractivity contribution in [2.24, 2.45) is 0 Å². The summed E-state index contributed by atoms with van der Waals surface area (Å²) in [7, 11) is 0. The van der Waals surface area contributed by atoms with E-state index >= 15 is 0 Å². The van der Waals surface area contributed by atoms with Crippen molar-refractivity contribution in [1.29, 1.82) is 0 Å². The van der Waals surface area contributed by atoms with Crippen molar-refractivity contribution in [3.05, 3.63) is 28.2 Å². The topological polar surface area (TPSA) is 71.6 Å². The molecular weight excluding hydrogens is 385 g/mol. The Morgan fingerprint density at radius 3 is 2.92 bits per heavy atom. The van der Waals surface area contributed by atoms with Gasteiger partial charge in [-0.3, -0.25) is 15.6 Å². The summed E-state index contributed by atoms with van der Waals surface area (Å²) >= 11 is 16.9. The monoisotopic (exact) mass is 405 g/mol. The molecule has 0 bridgehead atoms. The van der Waals surface area contributed by atoms with Crippen LogP contribution in [0.25, 0.3) is 0 Å². The third-order valence-electron chi connectivity index (χ3n) is 3.53. The van der Waals surface area contributed by atoms with E-state index in [0.29, 0.717) is 46.9 Å². The second-order valence-electron chi connectivity index (χ2n) is 5.54. The molecule has 3 N–H and O–H groups in total. The molecule has 6 nitrogen and oxygen atoms in total. The summed E-state index contributed by atoms with van der Waals surface area (Å²) in [4.78, 5) is 11.7. The Labute approximate surface area is 162 Å². The number of amides is 1. The van der Waals surface area contributed by atoms with E-state index < -0.39 is 0 Å². The van der Waals surface area contributed by atoms with Gasteiger partial charge in [-0.05, 0) is 49.7 Å². The van der Waals surface area contributed by atoms with Crippen molar-refractivity contribution in [2.75, 3.05) is 19.8 Å². The van der Waals surface area contributed by atoms with Crippen LogP contribution in [0.15, 0.2) is 18.2 Å². The number of carbonyl (C=O) groups is 1. The van der Waals surface area contributed by atoms with Crippen molar-refractivity contribution in [2.45, 2.75) is 31.8 Å². The lowest BCUT2D eigenvalue weighted by Gasteiger charge is -2.14. The maximum Gasteiger partial charge on any atom is 0.238 e. The SMILES string of the molecule is O=C(CCCOc1ccc(Cl)cc1Cl)NNC(=S)NC[C@@H]1CCCO1. The van der Waals surface area contributed by atoms with Gasteiger partial charge < -0.3 is 14.8 Å². The Balaban J connectivity index is 1.53. The number of rotatable bonds is 7. The summed E-state index contributed by atoms with van der Waals surface area (Å²) in [5.41, 5.74) is 5.21. The van der Waals surface area contributed by atoms with Crippen LogP contribution in [-0.4, -0.2) is 36.9 Å². The van der Waals surface area contributed by atoms with E-state index in [1.165, 1.54) is 0 Å². The van der Waals surface area contributed by atoms with Gasteiger partial charge >= 0.3 is 0 Å². The molecule has 0 spiro atoms. The molecule has 1 fully saturated rings. The first-order valence-corrected chi connectivity index (χ1v) is 9.23. The van der Waals surface area contributed by atoms with Crippen LogP contribution in [0.1, 0.15) is 25.7 Å².